The van der Waals surface area contributed by atoms with Gasteiger partial charge in [-0.25, -0.2) is 9.37 Å². The van der Waals surface area contributed by atoms with Gasteiger partial charge in [0.1, 0.15) is 12.4 Å². The molecule has 0 aliphatic carbocycles. The third kappa shape index (κ3) is 4.13. The van der Waals surface area contributed by atoms with Gasteiger partial charge >= 0.3 is 5.97 Å². The molecule has 0 unspecified atom stereocenters. The number of hydrogen-bond acceptors (Lipinski definition) is 4. The second-order valence-corrected chi connectivity index (χ2v) is 5.61. The number of nitrogens with one attached hydrogen (secondary N) is 1. The van der Waals surface area contributed by atoms with Crippen molar-refractivity contribution in [3.05, 3.63) is 59.6 Å². The molecule has 0 saturated carbocycles. The third-order valence-corrected chi connectivity index (χ3v) is 3.68. The van der Waals surface area contributed by atoms with Gasteiger partial charge in [0.15, 0.2) is 6.61 Å². The number of fused-ring (bicyclic) bond motifs is 1. The predicted molar refractivity (Wildman–Crippen MR) is 90.7 cm³/mol. The molecule has 0 bridgehead atoms. The van der Waals surface area contributed by atoms with Crippen LogP contribution in [0.4, 0.5) is 10.1 Å². The molecule has 2 aromatic carbocycles. The topological polar surface area (TPSA) is 73.2 Å². The highest BCUT2D eigenvalue weighted by Gasteiger charge is 2.11. The maximum atomic E-state index is 13.1. The molecule has 0 spiro atoms. The van der Waals surface area contributed by atoms with Crippen LogP contribution < -0.4 is 5.32 Å². The maximum absolute atomic E-state index is 13.1. The van der Waals surface area contributed by atoms with Gasteiger partial charge in [-0.3, -0.25) is 9.59 Å². The highest BCUT2D eigenvalue weighted by molar-refractivity contribution is 6.31. The molecule has 6 nitrogen and oxygen atoms in total. The fourth-order valence-corrected chi connectivity index (χ4v) is 2.42. The van der Waals surface area contributed by atoms with Gasteiger partial charge in [-0.15, -0.1) is 0 Å². The number of amides is 1. The van der Waals surface area contributed by atoms with Crippen LogP contribution in [0.15, 0.2) is 48.8 Å². The van der Waals surface area contributed by atoms with Crippen LogP contribution in [0.5, 0.6) is 0 Å². The minimum absolute atomic E-state index is 0.0594. The van der Waals surface area contributed by atoms with Crippen molar-refractivity contribution in [2.45, 2.75) is 6.54 Å². The molecule has 1 amide bonds. The van der Waals surface area contributed by atoms with Gasteiger partial charge in [-0.05, 0) is 30.3 Å². The Balaban J connectivity index is 1.53. The second-order valence-electron chi connectivity index (χ2n) is 5.20. The molecule has 3 rings (SSSR count). The molecule has 0 atom stereocenters. The van der Waals surface area contributed by atoms with Crippen molar-refractivity contribution < 1.29 is 18.7 Å². The summed E-state index contributed by atoms with van der Waals surface area (Å²) >= 11 is 5.63. The van der Waals surface area contributed by atoms with E-state index in [-0.39, 0.29) is 11.6 Å². The van der Waals surface area contributed by atoms with E-state index < -0.39 is 24.3 Å². The summed E-state index contributed by atoms with van der Waals surface area (Å²) in [7, 11) is 0. The Bertz CT molecular complexity index is 942. The summed E-state index contributed by atoms with van der Waals surface area (Å²) in [5.74, 6) is -1.71. The average Bonchev–Trinajstić information content (AvgIpc) is 2.99. The molecule has 1 N–H and O–H groups in total. The van der Waals surface area contributed by atoms with Crippen LogP contribution in [0.25, 0.3) is 11.0 Å². The van der Waals surface area contributed by atoms with E-state index in [1.165, 1.54) is 18.5 Å². The second kappa shape index (κ2) is 7.31. The van der Waals surface area contributed by atoms with Crippen LogP contribution in [0.1, 0.15) is 0 Å². The Kier molecular flexibility index (Phi) is 4.95. The lowest BCUT2D eigenvalue weighted by Crippen LogP contribution is -2.22. The van der Waals surface area contributed by atoms with Crippen LogP contribution >= 0.6 is 11.6 Å². The van der Waals surface area contributed by atoms with E-state index in [1.54, 1.807) is 4.57 Å². The van der Waals surface area contributed by atoms with Crippen molar-refractivity contribution in [1.29, 1.82) is 0 Å². The van der Waals surface area contributed by atoms with Crippen molar-refractivity contribution in [1.82, 2.24) is 9.55 Å². The maximum Gasteiger partial charge on any atom is 0.326 e. The normalized spacial score (nSPS) is 10.6. The van der Waals surface area contributed by atoms with Gasteiger partial charge in [0, 0.05) is 5.69 Å². The molecule has 8 heteroatoms. The van der Waals surface area contributed by atoms with Gasteiger partial charge < -0.3 is 14.6 Å². The van der Waals surface area contributed by atoms with E-state index in [0.29, 0.717) is 5.69 Å². The summed E-state index contributed by atoms with van der Waals surface area (Å²) in [6.07, 6.45) is 1.53. The number of nitrogens with zero attached hydrogens (tertiary/aromatic N) is 2. The lowest BCUT2D eigenvalue weighted by atomic mass is 10.3. The molecule has 128 valence electrons. The van der Waals surface area contributed by atoms with Gasteiger partial charge in [0.2, 0.25) is 0 Å². The van der Waals surface area contributed by atoms with Crippen LogP contribution in [-0.4, -0.2) is 28.0 Å². The highest BCUT2D eigenvalue weighted by Crippen LogP contribution is 2.19. The summed E-state index contributed by atoms with van der Waals surface area (Å²) < 4.78 is 19.6. The van der Waals surface area contributed by atoms with E-state index in [9.17, 15) is 14.0 Å². The molecular formula is C17H13ClFN3O3. The molecule has 0 aliphatic heterocycles. The molecule has 1 heterocycles. The van der Waals surface area contributed by atoms with Crippen LogP contribution in [0.2, 0.25) is 5.02 Å². The summed E-state index contributed by atoms with van der Waals surface area (Å²) in [6, 6.07) is 11.1. The molecule has 0 radical (unpaired) electrons. The molecule has 25 heavy (non-hydrogen) atoms. The summed E-state index contributed by atoms with van der Waals surface area (Å²) in [4.78, 5) is 27.8. The Morgan fingerprint density at radius 3 is 2.84 bits per heavy atom. The number of imidazole rings is 1. The Labute approximate surface area is 147 Å². The number of rotatable bonds is 5. The van der Waals surface area contributed by atoms with E-state index in [4.69, 9.17) is 16.3 Å². The van der Waals surface area contributed by atoms with Crippen LogP contribution in [-0.2, 0) is 20.9 Å². The standard InChI is InChI=1S/C17H13ClFN3O3/c18-12-7-11(5-6-13(12)19)21-16(23)9-25-17(24)8-22-10-20-14-3-1-2-4-15(14)22/h1-7,10H,8-9H2,(H,21,23). The smallest absolute Gasteiger partial charge is 0.326 e. The quantitative estimate of drug-likeness (QED) is 0.709. The van der Waals surface area contributed by atoms with Crippen molar-refractivity contribution in [2.24, 2.45) is 0 Å². The first-order valence-corrected chi connectivity index (χ1v) is 7.71. The van der Waals surface area contributed by atoms with E-state index >= 15 is 0 Å². The number of anilines is 1. The Hall–Kier alpha value is -2.93. The summed E-state index contributed by atoms with van der Waals surface area (Å²) in [5, 5.41) is 2.36. The van der Waals surface area contributed by atoms with Crippen molar-refractivity contribution >= 4 is 40.2 Å². The number of benzene rings is 2. The van der Waals surface area contributed by atoms with E-state index in [1.807, 2.05) is 24.3 Å². The fraction of sp³-hybridized carbons (Fsp3) is 0.118. The monoisotopic (exact) mass is 361 g/mol. The molecule has 0 aliphatic rings. The number of esters is 1. The summed E-state index contributed by atoms with van der Waals surface area (Å²) in [5.41, 5.74) is 1.87. The zero-order valence-electron chi connectivity index (χ0n) is 12.9. The van der Waals surface area contributed by atoms with Crippen molar-refractivity contribution in [2.75, 3.05) is 11.9 Å². The number of para-hydroxylation sites is 2. The number of carbonyl (C=O) groups is 2. The molecule has 0 saturated heterocycles. The number of carbonyl (C=O) groups excluding carboxylic acids is 2. The van der Waals surface area contributed by atoms with E-state index in [0.717, 1.165) is 17.1 Å². The number of hydrogen-bond donors (Lipinski definition) is 1. The average molecular weight is 362 g/mol. The molecule has 1 aromatic heterocycles. The number of ether oxygens (including phenoxy) is 1. The zero-order valence-corrected chi connectivity index (χ0v) is 13.7. The fourth-order valence-electron chi connectivity index (χ4n) is 2.24. The lowest BCUT2D eigenvalue weighted by Gasteiger charge is -2.08. The predicted octanol–water partition coefficient (Wildman–Crippen LogP) is 3.01. The van der Waals surface area contributed by atoms with Crippen molar-refractivity contribution in [3.63, 3.8) is 0 Å². The van der Waals surface area contributed by atoms with Gasteiger partial charge in [-0.1, -0.05) is 23.7 Å². The number of aromatic nitrogens is 2. The Morgan fingerprint density at radius 2 is 2.04 bits per heavy atom. The largest absolute Gasteiger partial charge is 0.454 e. The molecule has 0 fully saturated rings. The van der Waals surface area contributed by atoms with Gasteiger partial charge in [-0.2, -0.15) is 0 Å². The Morgan fingerprint density at radius 1 is 1.24 bits per heavy atom. The molecular weight excluding hydrogens is 349 g/mol. The third-order valence-electron chi connectivity index (χ3n) is 3.39. The number of halogens is 2. The minimum Gasteiger partial charge on any atom is -0.454 e. The first kappa shape index (κ1) is 16.9. The first-order chi connectivity index (χ1) is 12.0. The summed E-state index contributed by atoms with van der Waals surface area (Å²) in [6.45, 7) is -0.517. The minimum atomic E-state index is -0.585. The van der Waals surface area contributed by atoms with Gasteiger partial charge in [0.05, 0.1) is 22.4 Å². The first-order valence-electron chi connectivity index (χ1n) is 7.33. The van der Waals surface area contributed by atoms with Crippen LogP contribution in [0, 0.1) is 5.82 Å². The van der Waals surface area contributed by atoms with Gasteiger partial charge in [0.25, 0.3) is 5.91 Å². The molecule has 3 aromatic rings. The highest BCUT2D eigenvalue weighted by atomic mass is 35.5. The van der Waals surface area contributed by atoms with Crippen molar-refractivity contribution in [3.8, 4) is 0 Å². The zero-order chi connectivity index (χ0) is 17.8. The van der Waals surface area contributed by atoms with Crippen LogP contribution in [0.3, 0.4) is 0 Å². The lowest BCUT2D eigenvalue weighted by molar-refractivity contribution is -0.147. The van der Waals surface area contributed by atoms with E-state index in [2.05, 4.69) is 10.3 Å². The SMILES string of the molecule is O=C(COC(=O)Cn1cnc2ccccc21)Nc1ccc(F)c(Cl)c1.